The Morgan fingerprint density at radius 1 is 1.56 bits per heavy atom. The molecule has 2 heterocycles. The normalized spacial score (nSPS) is 41.7. The lowest BCUT2D eigenvalue weighted by atomic mass is 10.1. The molecule has 4 N–H and O–H groups in total. The quantitative estimate of drug-likeness (QED) is 0.456. The summed E-state index contributed by atoms with van der Waals surface area (Å²) >= 11 is 0. The number of ether oxygens (including phenoxy) is 1. The Kier molecular flexibility index (Phi) is 2.12. The van der Waals surface area contributed by atoms with E-state index in [0.29, 0.717) is 0 Å². The highest BCUT2D eigenvalue weighted by atomic mass is 16.6. The fourth-order valence-electron chi connectivity index (χ4n) is 2.51. The molecule has 1 aliphatic carbocycles. The average Bonchev–Trinajstić information content (AvgIpc) is 2.87. The number of aliphatic hydroxyl groups is 3. The van der Waals surface area contributed by atoms with Crippen molar-refractivity contribution in [1.29, 1.82) is 0 Å². The van der Waals surface area contributed by atoms with E-state index in [9.17, 15) is 24.9 Å². The summed E-state index contributed by atoms with van der Waals surface area (Å²) in [4.78, 5) is 24.5. The molecule has 0 aromatic carbocycles. The van der Waals surface area contributed by atoms with E-state index in [1.54, 1.807) is 0 Å². The van der Waals surface area contributed by atoms with Crippen molar-refractivity contribution >= 4 is 0 Å². The zero-order valence-corrected chi connectivity index (χ0v) is 9.24. The van der Waals surface area contributed by atoms with Gasteiger partial charge in [0, 0.05) is 18.7 Å². The zero-order valence-electron chi connectivity index (χ0n) is 9.24. The van der Waals surface area contributed by atoms with Crippen molar-refractivity contribution in [3.63, 3.8) is 0 Å². The predicted octanol–water partition coefficient (Wildman–Crippen LogP) is -2.71. The molecule has 4 atom stereocenters. The molecule has 98 valence electrons. The number of fused-ring (bicyclic) bond motifs is 1. The molecular weight excluding hydrogens is 244 g/mol. The SMILES string of the molecule is O=c1ccn([C@@H]2O[C@@]3(CO)C[C@]3(O)[C@H]2O)c(=O)[nH]1. The van der Waals surface area contributed by atoms with E-state index in [2.05, 4.69) is 0 Å². The van der Waals surface area contributed by atoms with Gasteiger partial charge in [0.2, 0.25) is 0 Å². The molecule has 0 radical (unpaired) electrons. The van der Waals surface area contributed by atoms with Crippen LogP contribution in [-0.2, 0) is 4.74 Å². The molecule has 2 fully saturated rings. The van der Waals surface area contributed by atoms with Gasteiger partial charge >= 0.3 is 5.69 Å². The van der Waals surface area contributed by atoms with Gasteiger partial charge in [0.25, 0.3) is 5.56 Å². The molecular formula is C10H12N2O6. The van der Waals surface area contributed by atoms with Crippen LogP contribution in [0.15, 0.2) is 21.9 Å². The van der Waals surface area contributed by atoms with Gasteiger partial charge in [-0.25, -0.2) is 4.79 Å². The predicted molar refractivity (Wildman–Crippen MR) is 56.8 cm³/mol. The van der Waals surface area contributed by atoms with Gasteiger partial charge in [-0.15, -0.1) is 0 Å². The van der Waals surface area contributed by atoms with Crippen LogP contribution in [0.2, 0.25) is 0 Å². The Morgan fingerprint density at radius 2 is 2.28 bits per heavy atom. The number of aliphatic hydroxyl groups excluding tert-OH is 2. The van der Waals surface area contributed by atoms with E-state index in [-0.39, 0.29) is 6.42 Å². The maximum absolute atomic E-state index is 11.6. The van der Waals surface area contributed by atoms with Crippen molar-refractivity contribution in [2.24, 2.45) is 0 Å². The number of aromatic nitrogens is 2. The van der Waals surface area contributed by atoms with E-state index in [4.69, 9.17) is 4.74 Å². The van der Waals surface area contributed by atoms with Gasteiger partial charge in [-0.1, -0.05) is 0 Å². The van der Waals surface area contributed by atoms with Crippen LogP contribution < -0.4 is 11.2 Å². The molecule has 18 heavy (non-hydrogen) atoms. The average molecular weight is 256 g/mol. The first kappa shape index (κ1) is 11.6. The first-order valence-electron chi connectivity index (χ1n) is 5.44. The van der Waals surface area contributed by atoms with Gasteiger partial charge in [-0.05, 0) is 0 Å². The topological polar surface area (TPSA) is 125 Å². The van der Waals surface area contributed by atoms with Gasteiger partial charge in [0.05, 0.1) is 6.61 Å². The summed E-state index contributed by atoms with van der Waals surface area (Å²) < 4.78 is 6.36. The standard InChI is InChI=1S/C10H12N2O6/c13-4-9-3-10(9,17)6(15)7(18-9)12-2-1-5(14)11-8(12)16/h1-2,6-7,13,15,17H,3-4H2,(H,11,14,16)/t6-,7+,9+,10-/m0/s1. The van der Waals surface area contributed by atoms with Crippen LogP contribution in [0.1, 0.15) is 12.6 Å². The second-order valence-corrected chi connectivity index (χ2v) is 4.72. The fourth-order valence-corrected chi connectivity index (χ4v) is 2.51. The Bertz CT molecular complexity index is 607. The number of H-pyrrole nitrogens is 1. The number of hydrogen-bond acceptors (Lipinski definition) is 6. The number of nitrogens with one attached hydrogen (secondary N) is 1. The summed E-state index contributed by atoms with van der Waals surface area (Å²) in [6.07, 6.45) is -1.17. The minimum absolute atomic E-state index is 0.117. The Labute approximate surface area is 100 Å². The molecule has 2 aliphatic rings. The van der Waals surface area contributed by atoms with Crippen LogP contribution in [0.3, 0.4) is 0 Å². The maximum atomic E-state index is 11.6. The third-order valence-electron chi connectivity index (χ3n) is 3.71. The van der Waals surface area contributed by atoms with Crippen molar-refractivity contribution < 1.29 is 20.1 Å². The summed E-state index contributed by atoms with van der Waals surface area (Å²) in [7, 11) is 0. The van der Waals surface area contributed by atoms with Crippen LogP contribution in [0, 0.1) is 0 Å². The van der Waals surface area contributed by atoms with Gasteiger partial charge in [-0.3, -0.25) is 14.3 Å². The summed E-state index contributed by atoms with van der Waals surface area (Å²) in [6, 6.07) is 1.11. The van der Waals surface area contributed by atoms with Crippen molar-refractivity contribution in [1.82, 2.24) is 9.55 Å². The first-order valence-corrected chi connectivity index (χ1v) is 5.44. The third-order valence-corrected chi connectivity index (χ3v) is 3.71. The Hall–Kier alpha value is -1.48. The summed E-state index contributed by atoms with van der Waals surface area (Å²) in [5.41, 5.74) is -4.07. The highest BCUT2D eigenvalue weighted by Crippen LogP contribution is 2.61. The van der Waals surface area contributed by atoms with Gasteiger partial charge < -0.3 is 20.1 Å². The fraction of sp³-hybridized carbons (Fsp3) is 0.600. The molecule has 1 saturated carbocycles. The monoisotopic (exact) mass is 256 g/mol. The van der Waals surface area contributed by atoms with E-state index in [1.165, 1.54) is 6.20 Å². The van der Waals surface area contributed by atoms with Crippen LogP contribution in [0.25, 0.3) is 0 Å². The van der Waals surface area contributed by atoms with Crippen LogP contribution in [-0.4, -0.2) is 48.8 Å². The molecule has 0 bridgehead atoms. The van der Waals surface area contributed by atoms with Crippen molar-refractivity contribution in [2.75, 3.05) is 6.61 Å². The largest absolute Gasteiger partial charge is 0.393 e. The molecule has 1 aliphatic heterocycles. The maximum Gasteiger partial charge on any atom is 0.330 e. The molecule has 8 nitrogen and oxygen atoms in total. The van der Waals surface area contributed by atoms with Crippen LogP contribution in [0.4, 0.5) is 0 Å². The number of hydrogen-bond donors (Lipinski definition) is 4. The van der Waals surface area contributed by atoms with E-state index >= 15 is 0 Å². The molecule has 1 aromatic heterocycles. The summed E-state index contributed by atoms with van der Waals surface area (Å²) in [6.45, 7) is -0.449. The molecule has 1 aromatic rings. The molecule has 1 saturated heterocycles. The summed E-state index contributed by atoms with van der Waals surface area (Å²) in [5, 5.41) is 29.2. The second kappa shape index (κ2) is 3.29. The number of aromatic amines is 1. The summed E-state index contributed by atoms with van der Waals surface area (Å²) in [5.74, 6) is 0. The van der Waals surface area contributed by atoms with Crippen molar-refractivity contribution in [3.8, 4) is 0 Å². The first-order chi connectivity index (χ1) is 8.43. The Balaban J connectivity index is 2.01. The van der Waals surface area contributed by atoms with Crippen molar-refractivity contribution in [2.45, 2.75) is 30.0 Å². The zero-order chi connectivity index (χ0) is 13.1. The highest BCUT2D eigenvalue weighted by Gasteiger charge is 2.79. The molecule has 0 spiro atoms. The number of nitrogens with zero attached hydrogens (tertiary/aromatic N) is 1. The molecule has 8 heteroatoms. The molecule has 3 rings (SSSR count). The lowest BCUT2D eigenvalue weighted by Gasteiger charge is -2.21. The highest BCUT2D eigenvalue weighted by molar-refractivity contribution is 5.27. The lowest BCUT2D eigenvalue weighted by molar-refractivity contribution is -0.0940. The van der Waals surface area contributed by atoms with Gasteiger partial charge in [-0.2, -0.15) is 0 Å². The molecule has 0 unspecified atom stereocenters. The van der Waals surface area contributed by atoms with E-state index in [0.717, 1.165) is 10.6 Å². The van der Waals surface area contributed by atoms with Crippen LogP contribution in [0.5, 0.6) is 0 Å². The third kappa shape index (κ3) is 1.23. The van der Waals surface area contributed by atoms with Crippen LogP contribution >= 0.6 is 0 Å². The minimum Gasteiger partial charge on any atom is -0.393 e. The van der Waals surface area contributed by atoms with E-state index in [1.807, 2.05) is 4.98 Å². The number of rotatable bonds is 2. The minimum atomic E-state index is -1.54. The van der Waals surface area contributed by atoms with Crippen molar-refractivity contribution in [3.05, 3.63) is 33.1 Å². The lowest BCUT2D eigenvalue weighted by Crippen LogP contribution is -2.39. The molecule has 0 amide bonds. The van der Waals surface area contributed by atoms with Gasteiger partial charge in [0.15, 0.2) is 6.23 Å². The Morgan fingerprint density at radius 3 is 2.83 bits per heavy atom. The van der Waals surface area contributed by atoms with E-state index < -0.39 is 41.4 Å². The second-order valence-electron chi connectivity index (χ2n) is 4.72. The smallest absolute Gasteiger partial charge is 0.330 e. The van der Waals surface area contributed by atoms with Gasteiger partial charge in [0.1, 0.15) is 17.3 Å².